The third-order valence-electron chi connectivity index (χ3n) is 3.65. The maximum Gasteiger partial charge on any atom is 0.0436 e. The molecule has 1 aromatic carbocycles. The molecule has 0 saturated carbocycles. The first kappa shape index (κ1) is 18.4. The van der Waals surface area contributed by atoms with Crippen molar-refractivity contribution in [1.29, 1.82) is 0 Å². The Balaban J connectivity index is 2.65. The summed E-state index contributed by atoms with van der Waals surface area (Å²) in [6, 6.07) is 9.01. The average molecular weight is 310 g/mol. The van der Waals surface area contributed by atoms with E-state index in [2.05, 4.69) is 57.3 Å². The highest BCUT2D eigenvalue weighted by Gasteiger charge is 2.14. The molecule has 0 radical (unpaired) electrons. The molecule has 0 aliphatic rings. The highest BCUT2D eigenvalue weighted by molar-refractivity contribution is 7.85. The zero-order valence-electron chi connectivity index (χ0n) is 14.0. The van der Waals surface area contributed by atoms with E-state index < -0.39 is 10.8 Å². The minimum absolute atomic E-state index is 0.207. The Morgan fingerprint density at radius 2 is 1.81 bits per heavy atom. The van der Waals surface area contributed by atoms with E-state index >= 15 is 0 Å². The molecule has 1 N–H and O–H groups in total. The molecule has 0 amide bonds. The van der Waals surface area contributed by atoms with E-state index in [1.807, 2.05) is 0 Å². The van der Waals surface area contributed by atoms with Gasteiger partial charge in [0.15, 0.2) is 0 Å². The lowest BCUT2D eigenvalue weighted by atomic mass is 10.0. The van der Waals surface area contributed by atoms with E-state index in [1.165, 1.54) is 17.5 Å². The van der Waals surface area contributed by atoms with E-state index in [-0.39, 0.29) is 6.04 Å². The van der Waals surface area contributed by atoms with Crippen LogP contribution in [0.3, 0.4) is 0 Å². The second kappa shape index (κ2) is 10.1. The minimum atomic E-state index is -0.744. The van der Waals surface area contributed by atoms with Gasteiger partial charge in [-0.05, 0) is 36.4 Å². The zero-order valence-corrected chi connectivity index (χ0v) is 14.8. The Bertz CT molecular complexity index is 414. The summed E-state index contributed by atoms with van der Waals surface area (Å²) in [7, 11) is -0.744. The van der Waals surface area contributed by atoms with Gasteiger partial charge in [0.2, 0.25) is 0 Å². The van der Waals surface area contributed by atoms with Crippen LogP contribution in [-0.4, -0.2) is 22.3 Å². The molecule has 120 valence electrons. The van der Waals surface area contributed by atoms with Crippen molar-refractivity contribution in [2.75, 3.05) is 18.1 Å². The highest BCUT2D eigenvalue weighted by atomic mass is 32.2. The van der Waals surface area contributed by atoms with Gasteiger partial charge < -0.3 is 5.32 Å². The third kappa shape index (κ3) is 7.23. The summed E-state index contributed by atoms with van der Waals surface area (Å²) in [5, 5.41) is 3.48. The molecule has 0 fully saturated rings. The second-order valence-electron chi connectivity index (χ2n) is 6.09. The fourth-order valence-corrected chi connectivity index (χ4v) is 3.94. The second-order valence-corrected chi connectivity index (χ2v) is 7.72. The summed E-state index contributed by atoms with van der Waals surface area (Å²) in [6.45, 7) is 9.59. The van der Waals surface area contributed by atoms with Gasteiger partial charge in [0.1, 0.15) is 0 Å². The van der Waals surface area contributed by atoms with Crippen molar-refractivity contribution in [1.82, 2.24) is 5.32 Å². The molecule has 1 rings (SSSR count). The molecular formula is C18H31NOS. The third-order valence-corrected chi connectivity index (χ3v) is 5.04. The van der Waals surface area contributed by atoms with E-state index in [4.69, 9.17) is 0 Å². The zero-order chi connectivity index (χ0) is 15.7. The Morgan fingerprint density at radius 1 is 1.14 bits per heavy atom. The average Bonchev–Trinajstić information content (AvgIpc) is 2.46. The van der Waals surface area contributed by atoms with Crippen LogP contribution in [0.25, 0.3) is 0 Å². The van der Waals surface area contributed by atoms with Crippen LogP contribution >= 0.6 is 0 Å². The molecule has 0 aliphatic carbocycles. The number of benzene rings is 1. The van der Waals surface area contributed by atoms with Crippen LogP contribution in [-0.2, 0) is 17.2 Å². The first-order chi connectivity index (χ1) is 10.1. The summed E-state index contributed by atoms with van der Waals surface area (Å²) in [5.74, 6) is 2.15. The lowest BCUT2D eigenvalue weighted by molar-refractivity contribution is 0.586. The molecule has 0 heterocycles. The largest absolute Gasteiger partial charge is 0.309 e. The van der Waals surface area contributed by atoms with Gasteiger partial charge in [-0.3, -0.25) is 4.21 Å². The van der Waals surface area contributed by atoms with Crippen LogP contribution in [0.15, 0.2) is 24.3 Å². The molecular weight excluding hydrogens is 278 g/mol. The van der Waals surface area contributed by atoms with Gasteiger partial charge in [0, 0.05) is 28.3 Å². The van der Waals surface area contributed by atoms with Crippen LogP contribution in [0.5, 0.6) is 0 Å². The quantitative estimate of drug-likeness (QED) is 0.705. The smallest absolute Gasteiger partial charge is 0.0436 e. The van der Waals surface area contributed by atoms with Crippen LogP contribution < -0.4 is 5.32 Å². The number of hydrogen-bond donors (Lipinski definition) is 1. The van der Waals surface area contributed by atoms with Gasteiger partial charge in [-0.1, -0.05) is 58.4 Å². The van der Waals surface area contributed by atoms with Crippen molar-refractivity contribution in [2.45, 2.75) is 53.0 Å². The lowest BCUT2D eigenvalue weighted by Crippen LogP contribution is -2.27. The van der Waals surface area contributed by atoms with E-state index in [1.54, 1.807) is 0 Å². The molecule has 2 atom stereocenters. The maximum atomic E-state index is 12.2. The van der Waals surface area contributed by atoms with Crippen molar-refractivity contribution in [3.8, 4) is 0 Å². The van der Waals surface area contributed by atoms with Crippen LogP contribution in [0.4, 0.5) is 0 Å². The van der Waals surface area contributed by atoms with E-state index in [9.17, 15) is 4.21 Å². The fraction of sp³-hybridized carbons (Fsp3) is 0.667. The first-order valence-electron chi connectivity index (χ1n) is 8.24. The molecule has 0 spiro atoms. The van der Waals surface area contributed by atoms with Gasteiger partial charge in [-0.15, -0.1) is 0 Å². The van der Waals surface area contributed by atoms with E-state index in [0.29, 0.717) is 11.7 Å². The minimum Gasteiger partial charge on any atom is -0.309 e. The van der Waals surface area contributed by atoms with Crippen molar-refractivity contribution in [3.05, 3.63) is 35.4 Å². The van der Waals surface area contributed by atoms with Gasteiger partial charge >= 0.3 is 0 Å². The van der Waals surface area contributed by atoms with Crippen molar-refractivity contribution in [3.63, 3.8) is 0 Å². The molecule has 0 aromatic heterocycles. The number of hydrogen-bond acceptors (Lipinski definition) is 2. The van der Waals surface area contributed by atoms with Gasteiger partial charge in [0.05, 0.1) is 0 Å². The maximum absolute atomic E-state index is 12.2. The summed E-state index contributed by atoms with van der Waals surface area (Å²) in [5.41, 5.74) is 2.65. The topological polar surface area (TPSA) is 29.1 Å². The molecule has 1 aromatic rings. The van der Waals surface area contributed by atoms with Crippen molar-refractivity contribution < 1.29 is 4.21 Å². The van der Waals surface area contributed by atoms with Gasteiger partial charge in [0.25, 0.3) is 0 Å². The molecule has 21 heavy (non-hydrogen) atoms. The molecule has 0 aliphatic heterocycles. The summed E-state index contributed by atoms with van der Waals surface area (Å²) in [6.07, 6.45) is 3.35. The van der Waals surface area contributed by atoms with Crippen LogP contribution in [0, 0.1) is 5.92 Å². The number of rotatable bonds is 10. The Morgan fingerprint density at radius 3 is 2.33 bits per heavy atom. The Labute approximate surface area is 133 Å². The summed E-state index contributed by atoms with van der Waals surface area (Å²) < 4.78 is 12.2. The monoisotopic (exact) mass is 309 g/mol. The van der Waals surface area contributed by atoms with Crippen LogP contribution in [0.1, 0.15) is 57.7 Å². The van der Waals surface area contributed by atoms with Crippen LogP contribution in [0.2, 0.25) is 0 Å². The molecule has 2 nitrogen and oxygen atoms in total. The van der Waals surface area contributed by atoms with E-state index in [0.717, 1.165) is 25.1 Å². The molecule has 0 saturated heterocycles. The SMILES string of the molecule is CCCc1ccc(C(CS(=O)CCC(C)C)NCC)cc1. The standard InChI is InChI=1S/C18H31NOS/c1-5-7-16-8-10-17(11-9-16)18(19-6-2)14-21(20)13-12-15(3)4/h8-11,15,18-19H,5-7,12-14H2,1-4H3. The van der Waals surface area contributed by atoms with Gasteiger partial charge in [-0.25, -0.2) is 0 Å². The van der Waals surface area contributed by atoms with Crippen molar-refractivity contribution in [2.24, 2.45) is 5.92 Å². The first-order valence-corrected chi connectivity index (χ1v) is 9.72. The van der Waals surface area contributed by atoms with Gasteiger partial charge in [-0.2, -0.15) is 0 Å². The predicted octanol–water partition coefficient (Wildman–Crippen LogP) is 4.08. The lowest BCUT2D eigenvalue weighted by Gasteiger charge is -2.18. The number of aryl methyl sites for hydroxylation is 1. The summed E-state index contributed by atoms with van der Waals surface area (Å²) >= 11 is 0. The Kier molecular flexibility index (Phi) is 8.86. The number of nitrogens with one attached hydrogen (secondary N) is 1. The normalized spacial score (nSPS) is 14.3. The fourth-order valence-electron chi connectivity index (χ4n) is 2.36. The highest BCUT2D eigenvalue weighted by Crippen LogP contribution is 2.17. The summed E-state index contributed by atoms with van der Waals surface area (Å²) in [4.78, 5) is 0. The molecule has 0 bridgehead atoms. The Hall–Kier alpha value is -0.670. The predicted molar refractivity (Wildman–Crippen MR) is 94.2 cm³/mol. The molecule has 3 heteroatoms. The van der Waals surface area contributed by atoms with Crippen molar-refractivity contribution >= 4 is 10.8 Å². The molecule has 2 unspecified atom stereocenters.